The number of aromatic nitrogens is 2. The molecule has 4 nitrogen and oxygen atoms in total. The second kappa shape index (κ2) is 6.06. The first-order valence-electron chi connectivity index (χ1n) is 7.05. The summed E-state index contributed by atoms with van der Waals surface area (Å²) < 4.78 is 39.7. The molecule has 0 saturated heterocycles. The van der Waals surface area contributed by atoms with Gasteiger partial charge in [0.25, 0.3) is 5.91 Å². The van der Waals surface area contributed by atoms with Crippen LogP contribution in [0.25, 0.3) is 0 Å². The van der Waals surface area contributed by atoms with Crippen molar-refractivity contribution in [2.45, 2.75) is 33.5 Å². The average Bonchev–Trinajstić information content (AvgIpc) is 2.79. The van der Waals surface area contributed by atoms with Crippen LogP contribution in [-0.4, -0.2) is 15.7 Å². The fourth-order valence-electron chi connectivity index (χ4n) is 2.62. The SMILES string of the molecule is Cc1cc(C)c(CNC(=O)c2cn(C)nc2C(F)(F)F)c(C)c1. The van der Waals surface area contributed by atoms with E-state index in [0.29, 0.717) is 0 Å². The molecular formula is C16H18F3N3O. The fraction of sp³-hybridized carbons (Fsp3) is 0.375. The molecule has 0 atom stereocenters. The monoisotopic (exact) mass is 325 g/mol. The zero-order valence-electron chi connectivity index (χ0n) is 13.4. The van der Waals surface area contributed by atoms with Gasteiger partial charge in [0, 0.05) is 19.8 Å². The molecule has 0 bridgehead atoms. The van der Waals surface area contributed by atoms with E-state index in [1.807, 2.05) is 32.9 Å². The lowest BCUT2D eigenvalue weighted by molar-refractivity contribution is -0.141. The molecule has 0 aliphatic carbocycles. The molecule has 1 aromatic heterocycles. The van der Waals surface area contributed by atoms with Gasteiger partial charge in [0.1, 0.15) is 0 Å². The number of benzene rings is 1. The van der Waals surface area contributed by atoms with Crippen LogP contribution in [0.1, 0.15) is 38.3 Å². The third-order valence-corrected chi connectivity index (χ3v) is 3.61. The van der Waals surface area contributed by atoms with Crippen LogP contribution in [0.3, 0.4) is 0 Å². The Bertz CT molecular complexity index is 725. The topological polar surface area (TPSA) is 46.9 Å². The number of hydrogen-bond acceptors (Lipinski definition) is 2. The summed E-state index contributed by atoms with van der Waals surface area (Å²) in [6.45, 7) is 5.95. The van der Waals surface area contributed by atoms with E-state index in [1.54, 1.807) is 0 Å². The number of amides is 1. The molecule has 1 aromatic carbocycles. The van der Waals surface area contributed by atoms with E-state index >= 15 is 0 Å². The maximum atomic E-state index is 12.9. The summed E-state index contributed by atoms with van der Waals surface area (Å²) in [6.07, 6.45) is -3.59. The van der Waals surface area contributed by atoms with Crippen molar-refractivity contribution < 1.29 is 18.0 Å². The van der Waals surface area contributed by atoms with Crippen LogP contribution >= 0.6 is 0 Å². The van der Waals surface area contributed by atoms with Gasteiger partial charge in [-0.25, -0.2) is 0 Å². The van der Waals surface area contributed by atoms with Crippen LogP contribution in [0.5, 0.6) is 0 Å². The van der Waals surface area contributed by atoms with Gasteiger partial charge in [-0.05, 0) is 37.5 Å². The number of carbonyl (C=O) groups is 1. The Balaban J connectivity index is 2.22. The Morgan fingerprint density at radius 2 is 1.78 bits per heavy atom. The summed E-state index contributed by atoms with van der Waals surface area (Å²) >= 11 is 0. The quantitative estimate of drug-likeness (QED) is 0.941. The predicted molar refractivity (Wildman–Crippen MR) is 80.0 cm³/mol. The summed E-state index contributed by atoms with van der Waals surface area (Å²) in [5.41, 5.74) is 2.34. The minimum absolute atomic E-state index is 0.170. The Kier molecular flexibility index (Phi) is 4.49. The van der Waals surface area contributed by atoms with Crippen molar-refractivity contribution in [1.29, 1.82) is 0 Å². The predicted octanol–water partition coefficient (Wildman–Crippen LogP) is 3.29. The molecule has 2 aromatic rings. The third-order valence-electron chi connectivity index (χ3n) is 3.61. The number of aryl methyl sites for hydroxylation is 4. The molecule has 0 spiro atoms. The van der Waals surface area contributed by atoms with E-state index in [-0.39, 0.29) is 6.54 Å². The van der Waals surface area contributed by atoms with Crippen LogP contribution in [0, 0.1) is 20.8 Å². The number of rotatable bonds is 3. The number of nitrogens with zero attached hydrogens (tertiary/aromatic N) is 2. The van der Waals surface area contributed by atoms with E-state index in [4.69, 9.17) is 0 Å². The summed E-state index contributed by atoms with van der Waals surface area (Å²) in [6, 6.07) is 3.94. The minimum atomic E-state index is -4.66. The Labute approximate surface area is 132 Å². The molecule has 0 unspecified atom stereocenters. The second-order valence-electron chi connectivity index (χ2n) is 5.62. The zero-order chi connectivity index (χ0) is 17.4. The van der Waals surface area contributed by atoms with Crippen molar-refractivity contribution in [2.75, 3.05) is 0 Å². The summed E-state index contributed by atoms with van der Waals surface area (Å²) in [4.78, 5) is 12.1. The highest BCUT2D eigenvalue weighted by Gasteiger charge is 2.38. The van der Waals surface area contributed by atoms with Crippen molar-refractivity contribution >= 4 is 5.91 Å². The highest BCUT2D eigenvalue weighted by atomic mass is 19.4. The molecule has 1 amide bonds. The van der Waals surface area contributed by atoms with Gasteiger partial charge in [0.2, 0.25) is 0 Å². The van der Waals surface area contributed by atoms with Gasteiger partial charge >= 0.3 is 6.18 Å². The molecule has 0 fully saturated rings. The standard InChI is InChI=1S/C16H18F3N3O/c1-9-5-10(2)12(11(3)6-9)7-20-15(23)13-8-22(4)21-14(13)16(17,18)19/h5-6,8H,7H2,1-4H3,(H,20,23). The highest BCUT2D eigenvalue weighted by Crippen LogP contribution is 2.30. The number of halogens is 3. The molecular weight excluding hydrogens is 307 g/mol. The zero-order valence-corrected chi connectivity index (χ0v) is 13.4. The number of alkyl halides is 3. The summed E-state index contributed by atoms with van der Waals surface area (Å²) in [7, 11) is 1.35. The van der Waals surface area contributed by atoms with Crippen LogP contribution in [0.15, 0.2) is 18.3 Å². The van der Waals surface area contributed by atoms with Gasteiger partial charge in [-0.3, -0.25) is 9.48 Å². The molecule has 1 heterocycles. The van der Waals surface area contributed by atoms with Gasteiger partial charge in [-0.15, -0.1) is 0 Å². The molecule has 23 heavy (non-hydrogen) atoms. The lowest BCUT2D eigenvalue weighted by Gasteiger charge is -2.12. The second-order valence-corrected chi connectivity index (χ2v) is 5.62. The van der Waals surface area contributed by atoms with Crippen LogP contribution in [-0.2, 0) is 19.8 Å². The molecule has 2 rings (SSSR count). The lowest BCUT2D eigenvalue weighted by Crippen LogP contribution is -2.26. The normalized spacial score (nSPS) is 11.6. The van der Waals surface area contributed by atoms with Crippen molar-refractivity contribution in [1.82, 2.24) is 15.1 Å². The fourth-order valence-corrected chi connectivity index (χ4v) is 2.62. The largest absolute Gasteiger partial charge is 0.435 e. The maximum absolute atomic E-state index is 12.9. The maximum Gasteiger partial charge on any atom is 0.435 e. The van der Waals surface area contributed by atoms with Crippen molar-refractivity contribution in [3.63, 3.8) is 0 Å². The van der Waals surface area contributed by atoms with E-state index < -0.39 is 23.3 Å². The van der Waals surface area contributed by atoms with Crippen LogP contribution in [0.2, 0.25) is 0 Å². The van der Waals surface area contributed by atoms with Crippen molar-refractivity contribution in [2.24, 2.45) is 7.05 Å². The highest BCUT2D eigenvalue weighted by molar-refractivity contribution is 5.95. The van der Waals surface area contributed by atoms with Crippen LogP contribution < -0.4 is 5.32 Å². The van der Waals surface area contributed by atoms with Crippen LogP contribution in [0.4, 0.5) is 13.2 Å². The molecule has 7 heteroatoms. The molecule has 0 saturated carbocycles. The van der Waals surface area contributed by atoms with Crippen molar-refractivity contribution in [3.8, 4) is 0 Å². The summed E-state index contributed by atoms with van der Waals surface area (Å²) in [5.74, 6) is -0.787. The number of hydrogen-bond donors (Lipinski definition) is 1. The average molecular weight is 325 g/mol. The van der Waals surface area contributed by atoms with Gasteiger partial charge in [0.05, 0.1) is 5.56 Å². The number of nitrogens with one attached hydrogen (secondary N) is 1. The lowest BCUT2D eigenvalue weighted by atomic mass is 10.00. The van der Waals surface area contributed by atoms with Gasteiger partial charge < -0.3 is 5.32 Å². The third kappa shape index (κ3) is 3.72. The minimum Gasteiger partial charge on any atom is -0.348 e. The van der Waals surface area contributed by atoms with E-state index in [0.717, 1.165) is 33.1 Å². The molecule has 0 aliphatic heterocycles. The Morgan fingerprint density at radius 1 is 1.22 bits per heavy atom. The first-order valence-corrected chi connectivity index (χ1v) is 7.05. The van der Waals surface area contributed by atoms with Gasteiger partial charge in [-0.1, -0.05) is 17.7 Å². The molecule has 124 valence electrons. The van der Waals surface area contributed by atoms with E-state index in [9.17, 15) is 18.0 Å². The van der Waals surface area contributed by atoms with Crippen molar-refractivity contribution in [3.05, 3.63) is 51.8 Å². The Morgan fingerprint density at radius 3 is 2.30 bits per heavy atom. The number of carbonyl (C=O) groups excluding carboxylic acids is 1. The first kappa shape index (κ1) is 17.1. The smallest absolute Gasteiger partial charge is 0.348 e. The first-order chi connectivity index (χ1) is 10.6. The van der Waals surface area contributed by atoms with Gasteiger partial charge in [0.15, 0.2) is 5.69 Å². The molecule has 1 N–H and O–H groups in total. The Hall–Kier alpha value is -2.31. The molecule has 0 radical (unpaired) electrons. The van der Waals surface area contributed by atoms with E-state index in [2.05, 4.69) is 10.4 Å². The van der Waals surface area contributed by atoms with Gasteiger partial charge in [-0.2, -0.15) is 18.3 Å². The molecule has 0 aliphatic rings. The summed E-state index contributed by atoms with van der Waals surface area (Å²) in [5, 5.41) is 5.89. The van der Waals surface area contributed by atoms with E-state index in [1.165, 1.54) is 7.05 Å².